The first kappa shape index (κ1) is 19.1. The SMILES string of the molecule is COc1cc2c(cc1OC)CN(C(=O)Cc1oc(-c3ccccc3)nc1C)CC2. The highest BCUT2D eigenvalue weighted by atomic mass is 16.5. The zero-order valence-electron chi connectivity index (χ0n) is 16.9. The summed E-state index contributed by atoms with van der Waals surface area (Å²) in [7, 11) is 3.25. The maximum Gasteiger partial charge on any atom is 0.230 e. The lowest BCUT2D eigenvalue weighted by Crippen LogP contribution is -2.37. The number of aromatic nitrogens is 1. The molecule has 1 aliphatic heterocycles. The van der Waals surface area contributed by atoms with E-state index < -0.39 is 0 Å². The Morgan fingerprint density at radius 1 is 1.10 bits per heavy atom. The second-order valence-electron chi connectivity index (χ2n) is 7.11. The van der Waals surface area contributed by atoms with E-state index >= 15 is 0 Å². The van der Waals surface area contributed by atoms with Gasteiger partial charge < -0.3 is 18.8 Å². The van der Waals surface area contributed by atoms with Crippen LogP contribution in [0.25, 0.3) is 11.5 Å². The van der Waals surface area contributed by atoms with Crippen molar-refractivity contribution >= 4 is 5.91 Å². The molecule has 6 nitrogen and oxygen atoms in total. The monoisotopic (exact) mass is 392 g/mol. The van der Waals surface area contributed by atoms with Crippen LogP contribution >= 0.6 is 0 Å². The number of carbonyl (C=O) groups excluding carboxylic acids is 1. The van der Waals surface area contributed by atoms with Gasteiger partial charge in [0, 0.05) is 18.7 Å². The number of methoxy groups -OCH3 is 2. The molecule has 0 atom stereocenters. The molecular formula is C23H24N2O4. The number of hydrogen-bond acceptors (Lipinski definition) is 5. The van der Waals surface area contributed by atoms with Crippen molar-refractivity contribution in [2.75, 3.05) is 20.8 Å². The molecule has 2 heterocycles. The van der Waals surface area contributed by atoms with Crippen LogP contribution in [0.5, 0.6) is 11.5 Å². The fraction of sp³-hybridized carbons (Fsp3) is 0.304. The van der Waals surface area contributed by atoms with Crippen LogP contribution in [0.3, 0.4) is 0 Å². The lowest BCUT2D eigenvalue weighted by Gasteiger charge is -2.29. The molecule has 0 N–H and O–H groups in total. The average Bonchev–Trinajstić information content (AvgIpc) is 3.13. The molecule has 0 bridgehead atoms. The molecule has 29 heavy (non-hydrogen) atoms. The third kappa shape index (κ3) is 3.83. The van der Waals surface area contributed by atoms with Gasteiger partial charge in [0.1, 0.15) is 5.76 Å². The number of benzene rings is 2. The number of nitrogens with zero attached hydrogens (tertiary/aromatic N) is 2. The van der Waals surface area contributed by atoms with E-state index in [-0.39, 0.29) is 12.3 Å². The van der Waals surface area contributed by atoms with E-state index in [1.165, 1.54) is 5.56 Å². The first-order valence-electron chi connectivity index (χ1n) is 9.62. The minimum Gasteiger partial charge on any atom is -0.493 e. The number of oxazole rings is 1. The fourth-order valence-electron chi connectivity index (χ4n) is 3.64. The summed E-state index contributed by atoms with van der Waals surface area (Å²) in [6.45, 7) is 3.09. The van der Waals surface area contributed by atoms with Crippen molar-refractivity contribution in [1.29, 1.82) is 0 Å². The number of rotatable bonds is 5. The Kier molecular flexibility index (Phi) is 5.25. The van der Waals surface area contributed by atoms with E-state index in [4.69, 9.17) is 13.9 Å². The molecule has 0 fully saturated rings. The second-order valence-corrected chi connectivity index (χ2v) is 7.11. The quantitative estimate of drug-likeness (QED) is 0.661. The van der Waals surface area contributed by atoms with Crippen molar-refractivity contribution in [3.63, 3.8) is 0 Å². The molecule has 0 unspecified atom stereocenters. The number of carbonyl (C=O) groups is 1. The normalized spacial score (nSPS) is 13.1. The molecule has 1 aromatic heterocycles. The largest absolute Gasteiger partial charge is 0.493 e. The molecule has 0 saturated carbocycles. The van der Waals surface area contributed by atoms with Gasteiger partial charge in [-0.2, -0.15) is 0 Å². The lowest BCUT2D eigenvalue weighted by atomic mass is 9.98. The summed E-state index contributed by atoms with van der Waals surface area (Å²) in [6.07, 6.45) is 0.986. The molecule has 1 amide bonds. The Hall–Kier alpha value is -3.28. The smallest absolute Gasteiger partial charge is 0.230 e. The van der Waals surface area contributed by atoms with Crippen molar-refractivity contribution in [2.45, 2.75) is 26.3 Å². The van der Waals surface area contributed by atoms with Crippen molar-refractivity contribution in [3.05, 3.63) is 65.0 Å². The molecule has 0 radical (unpaired) electrons. The van der Waals surface area contributed by atoms with Gasteiger partial charge in [0.2, 0.25) is 11.8 Å². The zero-order chi connectivity index (χ0) is 20.4. The molecule has 150 valence electrons. The van der Waals surface area contributed by atoms with E-state index in [1.807, 2.05) is 54.3 Å². The van der Waals surface area contributed by atoms with E-state index in [0.29, 0.717) is 30.5 Å². The van der Waals surface area contributed by atoms with Crippen LogP contribution in [0.2, 0.25) is 0 Å². The Balaban J connectivity index is 1.50. The minimum atomic E-state index is 0.0318. The van der Waals surface area contributed by atoms with Gasteiger partial charge in [0.15, 0.2) is 11.5 Å². The third-order valence-corrected chi connectivity index (χ3v) is 5.30. The fourth-order valence-corrected chi connectivity index (χ4v) is 3.64. The molecule has 1 aliphatic rings. The van der Waals surface area contributed by atoms with Crippen LogP contribution in [0.4, 0.5) is 0 Å². The van der Waals surface area contributed by atoms with Crippen LogP contribution in [0, 0.1) is 6.92 Å². The van der Waals surface area contributed by atoms with Crippen LogP contribution in [0.1, 0.15) is 22.6 Å². The Morgan fingerprint density at radius 2 is 1.79 bits per heavy atom. The van der Waals surface area contributed by atoms with Crippen molar-refractivity contribution in [2.24, 2.45) is 0 Å². The highest BCUT2D eigenvalue weighted by Crippen LogP contribution is 2.33. The number of fused-ring (bicyclic) bond motifs is 1. The Labute approximate surface area is 170 Å². The third-order valence-electron chi connectivity index (χ3n) is 5.30. The standard InChI is InChI=1S/C23H24N2O4/c1-15-19(29-23(24-15)16-7-5-4-6-8-16)13-22(26)25-10-9-17-11-20(27-2)21(28-3)12-18(17)14-25/h4-8,11-12H,9-10,13-14H2,1-3H3. The van der Waals surface area contributed by atoms with Gasteiger partial charge in [-0.15, -0.1) is 0 Å². The average molecular weight is 392 g/mol. The first-order valence-corrected chi connectivity index (χ1v) is 9.62. The maximum atomic E-state index is 12.9. The summed E-state index contributed by atoms with van der Waals surface area (Å²) in [5.41, 5.74) is 3.93. The van der Waals surface area contributed by atoms with Gasteiger partial charge in [0.25, 0.3) is 0 Å². The van der Waals surface area contributed by atoms with Gasteiger partial charge in [-0.25, -0.2) is 4.98 Å². The van der Waals surface area contributed by atoms with Gasteiger partial charge in [0.05, 0.1) is 26.3 Å². The highest BCUT2D eigenvalue weighted by molar-refractivity contribution is 5.79. The highest BCUT2D eigenvalue weighted by Gasteiger charge is 2.24. The van der Waals surface area contributed by atoms with Crippen LogP contribution in [-0.4, -0.2) is 36.6 Å². The molecule has 6 heteroatoms. The number of amides is 1. The summed E-state index contributed by atoms with van der Waals surface area (Å²) in [5.74, 6) is 2.60. The van der Waals surface area contributed by atoms with E-state index in [0.717, 1.165) is 29.0 Å². The van der Waals surface area contributed by atoms with Crippen LogP contribution in [-0.2, 0) is 24.2 Å². The van der Waals surface area contributed by atoms with E-state index in [1.54, 1.807) is 14.2 Å². The summed E-state index contributed by atoms with van der Waals surface area (Å²) in [5, 5.41) is 0. The van der Waals surface area contributed by atoms with Gasteiger partial charge in [-0.05, 0) is 48.7 Å². The molecule has 0 spiro atoms. The zero-order valence-corrected chi connectivity index (χ0v) is 16.9. The number of aryl methyl sites for hydroxylation is 1. The molecule has 0 aliphatic carbocycles. The van der Waals surface area contributed by atoms with E-state index in [9.17, 15) is 4.79 Å². The topological polar surface area (TPSA) is 64.8 Å². The summed E-state index contributed by atoms with van der Waals surface area (Å²) in [4.78, 5) is 19.3. The lowest BCUT2D eigenvalue weighted by molar-refractivity contribution is -0.131. The second kappa shape index (κ2) is 7.99. The summed E-state index contributed by atoms with van der Waals surface area (Å²) >= 11 is 0. The van der Waals surface area contributed by atoms with Gasteiger partial charge in [-0.1, -0.05) is 18.2 Å². The van der Waals surface area contributed by atoms with Crippen LogP contribution in [0.15, 0.2) is 46.9 Å². The van der Waals surface area contributed by atoms with Gasteiger partial charge in [-0.3, -0.25) is 4.79 Å². The Bertz CT molecular complexity index is 1030. The Morgan fingerprint density at radius 3 is 2.48 bits per heavy atom. The molecule has 4 rings (SSSR count). The molecular weight excluding hydrogens is 368 g/mol. The summed E-state index contributed by atoms with van der Waals surface area (Å²) in [6, 6.07) is 13.7. The minimum absolute atomic E-state index is 0.0318. The molecule has 3 aromatic rings. The number of hydrogen-bond donors (Lipinski definition) is 0. The molecule has 2 aromatic carbocycles. The van der Waals surface area contributed by atoms with Crippen molar-refractivity contribution in [1.82, 2.24) is 9.88 Å². The van der Waals surface area contributed by atoms with E-state index in [2.05, 4.69) is 4.98 Å². The van der Waals surface area contributed by atoms with Gasteiger partial charge >= 0.3 is 0 Å². The summed E-state index contributed by atoms with van der Waals surface area (Å²) < 4.78 is 16.7. The predicted octanol–water partition coefficient (Wildman–Crippen LogP) is 3.79. The number of ether oxygens (including phenoxy) is 2. The van der Waals surface area contributed by atoms with Crippen LogP contribution < -0.4 is 9.47 Å². The molecule has 0 saturated heterocycles. The predicted molar refractivity (Wildman–Crippen MR) is 109 cm³/mol. The van der Waals surface area contributed by atoms with Crippen molar-refractivity contribution < 1.29 is 18.7 Å². The maximum absolute atomic E-state index is 12.9. The van der Waals surface area contributed by atoms with Crippen molar-refractivity contribution in [3.8, 4) is 23.0 Å². The first-order chi connectivity index (χ1) is 14.1.